The van der Waals surface area contributed by atoms with Gasteiger partial charge in [-0.3, -0.25) is 0 Å². The van der Waals surface area contributed by atoms with Gasteiger partial charge in [-0.2, -0.15) is 4.31 Å². The summed E-state index contributed by atoms with van der Waals surface area (Å²) in [5.41, 5.74) is 6.00. The van der Waals surface area contributed by atoms with Gasteiger partial charge < -0.3 is 20.3 Å². The number of rotatable bonds is 4. The zero-order valence-electron chi connectivity index (χ0n) is 11.2. The summed E-state index contributed by atoms with van der Waals surface area (Å²) in [4.78, 5) is 0.0265. The molecule has 1 heterocycles. The van der Waals surface area contributed by atoms with Crippen LogP contribution in [-0.2, 0) is 14.8 Å². The van der Waals surface area contributed by atoms with E-state index in [1.807, 2.05) is 0 Å². The van der Waals surface area contributed by atoms with Crippen LogP contribution in [0, 0.1) is 0 Å². The minimum Gasteiger partial charge on any atom is -0.495 e. The van der Waals surface area contributed by atoms with E-state index in [2.05, 4.69) is 0 Å². The molecule has 1 fully saturated rings. The van der Waals surface area contributed by atoms with Crippen LogP contribution in [0.4, 0.5) is 5.69 Å². The van der Waals surface area contributed by atoms with Gasteiger partial charge in [-0.15, -0.1) is 0 Å². The van der Waals surface area contributed by atoms with Crippen molar-refractivity contribution in [3.05, 3.63) is 18.2 Å². The van der Waals surface area contributed by atoms with E-state index < -0.39 is 16.1 Å². The molecule has 1 atom stereocenters. The van der Waals surface area contributed by atoms with Crippen molar-refractivity contribution in [2.45, 2.75) is 11.0 Å². The second kappa shape index (κ2) is 5.96. The van der Waals surface area contributed by atoms with E-state index in [9.17, 15) is 8.42 Å². The van der Waals surface area contributed by atoms with E-state index in [-0.39, 0.29) is 36.9 Å². The molecule has 3 N–H and O–H groups in total. The van der Waals surface area contributed by atoms with Crippen LogP contribution >= 0.6 is 0 Å². The molecule has 1 aromatic carbocycles. The number of nitrogens with two attached hydrogens (primary N) is 1. The van der Waals surface area contributed by atoms with Gasteiger partial charge in [0.2, 0.25) is 10.0 Å². The number of hydrogen-bond acceptors (Lipinski definition) is 6. The van der Waals surface area contributed by atoms with Crippen LogP contribution in [0.1, 0.15) is 0 Å². The Labute approximate surface area is 117 Å². The average Bonchev–Trinajstić information content (AvgIpc) is 2.47. The smallest absolute Gasteiger partial charge is 0.247 e. The number of aliphatic hydroxyl groups is 1. The lowest BCUT2D eigenvalue weighted by atomic mass is 10.3. The molecule has 0 aliphatic carbocycles. The van der Waals surface area contributed by atoms with Crippen LogP contribution in [0.15, 0.2) is 23.1 Å². The Kier molecular flexibility index (Phi) is 4.48. The molecule has 0 aromatic heterocycles. The summed E-state index contributed by atoms with van der Waals surface area (Å²) in [6.45, 7) is 0.364. The number of ether oxygens (including phenoxy) is 2. The summed E-state index contributed by atoms with van der Waals surface area (Å²) >= 11 is 0. The van der Waals surface area contributed by atoms with Gasteiger partial charge in [0, 0.05) is 18.8 Å². The number of benzene rings is 1. The Morgan fingerprint density at radius 1 is 1.55 bits per heavy atom. The maximum Gasteiger partial charge on any atom is 0.247 e. The molecule has 1 saturated heterocycles. The van der Waals surface area contributed by atoms with Gasteiger partial charge in [-0.05, 0) is 18.2 Å². The third-order valence-electron chi connectivity index (χ3n) is 3.11. The molecule has 2 rings (SSSR count). The van der Waals surface area contributed by atoms with Gasteiger partial charge in [0.25, 0.3) is 0 Å². The van der Waals surface area contributed by atoms with Gasteiger partial charge in [0.05, 0.1) is 26.4 Å². The molecular formula is C12H18N2O5S. The molecule has 8 heteroatoms. The summed E-state index contributed by atoms with van der Waals surface area (Å²) in [5.74, 6) is 0.242. The van der Waals surface area contributed by atoms with Crippen LogP contribution in [0.2, 0.25) is 0 Å². The molecule has 1 unspecified atom stereocenters. The largest absolute Gasteiger partial charge is 0.495 e. The van der Waals surface area contributed by atoms with Gasteiger partial charge in [0.1, 0.15) is 10.6 Å². The van der Waals surface area contributed by atoms with Gasteiger partial charge in [0.15, 0.2) is 0 Å². The molecule has 0 radical (unpaired) electrons. The molecule has 7 nitrogen and oxygen atoms in total. The first-order valence-electron chi connectivity index (χ1n) is 6.15. The lowest BCUT2D eigenvalue weighted by Crippen LogP contribution is -2.46. The molecule has 20 heavy (non-hydrogen) atoms. The quantitative estimate of drug-likeness (QED) is 0.738. The van der Waals surface area contributed by atoms with Crippen molar-refractivity contribution in [3.8, 4) is 5.75 Å². The number of aliphatic hydroxyl groups excluding tert-OH is 1. The molecule has 1 aliphatic heterocycles. The number of sulfonamides is 1. The van der Waals surface area contributed by atoms with Crippen LogP contribution in [0.25, 0.3) is 0 Å². The van der Waals surface area contributed by atoms with E-state index in [1.54, 1.807) is 6.07 Å². The second-order valence-corrected chi connectivity index (χ2v) is 6.36. The summed E-state index contributed by atoms with van der Waals surface area (Å²) in [6, 6.07) is 4.47. The Hall–Kier alpha value is -1.35. The van der Waals surface area contributed by atoms with Crippen molar-refractivity contribution < 1.29 is 23.0 Å². The maximum absolute atomic E-state index is 12.6. The van der Waals surface area contributed by atoms with E-state index in [4.69, 9.17) is 20.3 Å². The summed E-state index contributed by atoms with van der Waals surface area (Å²) in [6.07, 6.45) is -0.509. The Bertz CT molecular complexity index is 575. The summed E-state index contributed by atoms with van der Waals surface area (Å²) in [7, 11) is -2.33. The Morgan fingerprint density at radius 3 is 2.95 bits per heavy atom. The third-order valence-corrected chi connectivity index (χ3v) is 5.00. The van der Waals surface area contributed by atoms with Crippen LogP contribution in [0.5, 0.6) is 5.75 Å². The highest BCUT2D eigenvalue weighted by Gasteiger charge is 2.32. The zero-order chi connectivity index (χ0) is 14.8. The fourth-order valence-corrected chi connectivity index (χ4v) is 3.70. The first kappa shape index (κ1) is 15.0. The van der Waals surface area contributed by atoms with Crippen molar-refractivity contribution in [3.63, 3.8) is 0 Å². The number of anilines is 1. The average molecular weight is 302 g/mol. The third kappa shape index (κ3) is 2.88. The van der Waals surface area contributed by atoms with E-state index in [1.165, 1.54) is 23.5 Å². The van der Waals surface area contributed by atoms with Crippen molar-refractivity contribution >= 4 is 15.7 Å². The fourth-order valence-electron chi connectivity index (χ4n) is 2.06. The number of methoxy groups -OCH3 is 1. The molecule has 1 aromatic rings. The monoisotopic (exact) mass is 302 g/mol. The van der Waals surface area contributed by atoms with Crippen LogP contribution in [-0.4, -0.2) is 57.3 Å². The minimum atomic E-state index is -3.73. The predicted molar refractivity (Wildman–Crippen MR) is 73.0 cm³/mol. The highest BCUT2D eigenvalue weighted by molar-refractivity contribution is 7.89. The van der Waals surface area contributed by atoms with Crippen LogP contribution in [0.3, 0.4) is 0 Å². The van der Waals surface area contributed by atoms with Crippen molar-refractivity contribution in [2.24, 2.45) is 0 Å². The van der Waals surface area contributed by atoms with E-state index >= 15 is 0 Å². The van der Waals surface area contributed by atoms with Crippen molar-refractivity contribution in [1.82, 2.24) is 4.31 Å². The molecule has 112 valence electrons. The topological polar surface area (TPSA) is 102 Å². The summed E-state index contributed by atoms with van der Waals surface area (Å²) < 4.78 is 36.9. The highest BCUT2D eigenvalue weighted by Crippen LogP contribution is 2.29. The number of nitrogen functional groups attached to an aromatic ring is 1. The zero-order valence-corrected chi connectivity index (χ0v) is 12.0. The second-order valence-electron chi connectivity index (χ2n) is 4.45. The fraction of sp³-hybridized carbons (Fsp3) is 0.500. The van der Waals surface area contributed by atoms with E-state index in [0.29, 0.717) is 5.69 Å². The van der Waals surface area contributed by atoms with Gasteiger partial charge in [-0.25, -0.2) is 8.42 Å². The molecule has 0 saturated carbocycles. The number of morpholine rings is 1. The molecule has 0 bridgehead atoms. The Balaban J connectivity index is 2.37. The Morgan fingerprint density at radius 2 is 2.30 bits per heavy atom. The molecular weight excluding hydrogens is 284 g/mol. The number of nitrogens with zero attached hydrogens (tertiary/aromatic N) is 1. The molecule has 0 spiro atoms. The maximum atomic E-state index is 12.6. The predicted octanol–water partition coefficient (Wildman–Crippen LogP) is -0.341. The van der Waals surface area contributed by atoms with Crippen LogP contribution < -0.4 is 10.5 Å². The standard InChI is InChI=1S/C12H18N2O5S/c1-18-11-3-2-9(13)6-12(11)20(16,17)14-4-5-19-10(7-14)8-15/h2-3,6,10,15H,4-5,7-8,13H2,1H3. The summed E-state index contributed by atoms with van der Waals surface area (Å²) in [5, 5.41) is 9.10. The lowest BCUT2D eigenvalue weighted by Gasteiger charge is -2.31. The first-order chi connectivity index (χ1) is 9.48. The minimum absolute atomic E-state index is 0.0265. The van der Waals surface area contributed by atoms with Gasteiger partial charge in [-0.1, -0.05) is 0 Å². The number of hydrogen-bond donors (Lipinski definition) is 2. The highest BCUT2D eigenvalue weighted by atomic mass is 32.2. The normalized spacial score (nSPS) is 20.8. The van der Waals surface area contributed by atoms with Crippen molar-refractivity contribution in [1.29, 1.82) is 0 Å². The molecule has 0 amide bonds. The van der Waals surface area contributed by atoms with Crippen molar-refractivity contribution in [2.75, 3.05) is 39.1 Å². The SMILES string of the molecule is COc1ccc(N)cc1S(=O)(=O)N1CCOC(CO)C1. The first-order valence-corrected chi connectivity index (χ1v) is 7.59. The molecule has 1 aliphatic rings. The van der Waals surface area contributed by atoms with E-state index in [0.717, 1.165) is 0 Å². The van der Waals surface area contributed by atoms with Gasteiger partial charge >= 0.3 is 0 Å². The lowest BCUT2D eigenvalue weighted by molar-refractivity contribution is -0.0304.